The van der Waals surface area contributed by atoms with Gasteiger partial charge in [-0.1, -0.05) is 0 Å². The predicted molar refractivity (Wildman–Crippen MR) is 61.6 cm³/mol. The summed E-state index contributed by atoms with van der Waals surface area (Å²) in [5.74, 6) is 0.927. The fourth-order valence-electron chi connectivity index (χ4n) is 2.18. The molecule has 0 atom stereocenters. The smallest absolute Gasteiger partial charge is 0.0107 e. The number of nitrogens with one attached hydrogen (secondary N) is 1. The van der Waals surface area contributed by atoms with Crippen molar-refractivity contribution in [3.63, 3.8) is 0 Å². The quantitative estimate of drug-likeness (QED) is 0.695. The minimum atomic E-state index is 0.927. The van der Waals surface area contributed by atoms with Gasteiger partial charge in [-0.25, -0.2) is 0 Å². The van der Waals surface area contributed by atoms with E-state index < -0.39 is 0 Å². The molecule has 1 aliphatic rings. The first kappa shape index (κ1) is 12.0. The van der Waals surface area contributed by atoms with E-state index in [-0.39, 0.29) is 0 Å². The molecule has 84 valence electrons. The second-order valence-corrected chi connectivity index (χ2v) is 4.65. The average molecular weight is 199 g/mol. The van der Waals surface area contributed by atoms with Crippen LogP contribution in [0.25, 0.3) is 0 Å². The van der Waals surface area contributed by atoms with Crippen LogP contribution in [-0.2, 0) is 0 Å². The lowest BCUT2D eigenvalue weighted by molar-refractivity contribution is 0.164. The molecule has 0 unspecified atom stereocenters. The number of likely N-dealkylation sites (N-methyl/N-ethyl adjacent to an activating group) is 1. The van der Waals surface area contributed by atoms with Crippen molar-refractivity contribution in [1.82, 2.24) is 15.1 Å². The third-order valence-corrected chi connectivity index (χ3v) is 3.01. The van der Waals surface area contributed by atoms with Crippen LogP contribution in [0.2, 0.25) is 0 Å². The first-order chi connectivity index (χ1) is 6.72. The predicted octanol–water partition coefficient (Wildman–Crippen LogP) is 0.479. The van der Waals surface area contributed by atoms with E-state index in [0.717, 1.165) is 12.5 Å². The topological polar surface area (TPSA) is 18.5 Å². The molecule has 0 spiro atoms. The Morgan fingerprint density at radius 3 is 2.43 bits per heavy atom. The maximum atomic E-state index is 3.21. The van der Waals surface area contributed by atoms with Gasteiger partial charge in [-0.15, -0.1) is 0 Å². The molecule has 0 amide bonds. The van der Waals surface area contributed by atoms with Gasteiger partial charge in [0.25, 0.3) is 0 Å². The minimum absolute atomic E-state index is 0.927. The molecule has 0 bridgehead atoms. The Hall–Kier alpha value is -0.120. The van der Waals surface area contributed by atoms with E-state index in [0.29, 0.717) is 0 Å². The summed E-state index contributed by atoms with van der Waals surface area (Å²) in [6.07, 6.45) is 2.75. The van der Waals surface area contributed by atoms with Crippen LogP contribution < -0.4 is 5.32 Å². The number of piperidine rings is 1. The fraction of sp³-hybridized carbons (Fsp3) is 1.00. The van der Waals surface area contributed by atoms with Crippen molar-refractivity contribution in [2.24, 2.45) is 5.92 Å². The van der Waals surface area contributed by atoms with Crippen molar-refractivity contribution < 1.29 is 0 Å². The van der Waals surface area contributed by atoms with E-state index >= 15 is 0 Å². The Bertz CT molecular complexity index is 139. The van der Waals surface area contributed by atoms with E-state index in [2.05, 4.69) is 29.2 Å². The summed E-state index contributed by atoms with van der Waals surface area (Å²) in [5.41, 5.74) is 0. The number of rotatable bonds is 5. The van der Waals surface area contributed by atoms with Crippen molar-refractivity contribution in [3.8, 4) is 0 Å². The highest BCUT2D eigenvalue weighted by molar-refractivity contribution is 4.73. The Morgan fingerprint density at radius 2 is 1.93 bits per heavy atom. The molecule has 0 aromatic rings. The molecule has 14 heavy (non-hydrogen) atoms. The first-order valence-electron chi connectivity index (χ1n) is 5.74. The van der Waals surface area contributed by atoms with Crippen LogP contribution in [0.5, 0.6) is 0 Å². The summed E-state index contributed by atoms with van der Waals surface area (Å²) in [6, 6.07) is 0. The fourth-order valence-corrected chi connectivity index (χ4v) is 2.18. The Balaban J connectivity index is 2.11. The van der Waals surface area contributed by atoms with E-state index in [1.54, 1.807) is 0 Å². The highest BCUT2D eigenvalue weighted by Crippen LogP contribution is 2.16. The minimum Gasteiger partial charge on any atom is -0.318 e. The summed E-state index contributed by atoms with van der Waals surface area (Å²) < 4.78 is 0. The molecule has 1 saturated heterocycles. The van der Waals surface area contributed by atoms with Crippen molar-refractivity contribution in [2.45, 2.75) is 12.8 Å². The van der Waals surface area contributed by atoms with E-state index in [1.165, 1.54) is 39.0 Å². The summed E-state index contributed by atoms with van der Waals surface area (Å²) in [5, 5.41) is 3.21. The third-order valence-electron chi connectivity index (χ3n) is 3.01. The van der Waals surface area contributed by atoms with Crippen molar-refractivity contribution >= 4 is 0 Å². The largest absolute Gasteiger partial charge is 0.318 e. The van der Waals surface area contributed by atoms with Crippen molar-refractivity contribution in [2.75, 3.05) is 53.9 Å². The zero-order valence-corrected chi connectivity index (χ0v) is 9.92. The third kappa shape index (κ3) is 4.40. The van der Waals surface area contributed by atoms with Gasteiger partial charge in [-0.05, 0) is 53.0 Å². The molecular formula is C11H25N3. The maximum Gasteiger partial charge on any atom is 0.0107 e. The van der Waals surface area contributed by atoms with Crippen LogP contribution in [0.4, 0.5) is 0 Å². The highest BCUT2D eigenvalue weighted by Gasteiger charge is 2.18. The zero-order chi connectivity index (χ0) is 10.4. The van der Waals surface area contributed by atoms with Gasteiger partial charge in [0.05, 0.1) is 0 Å². The molecule has 0 radical (unpaired) electrons. The lowest BCUT2D eigenvalue weighted by Gasteiger charge is -2.33. The SMILES string of the molecule is CNCCN1CCC(CN(C)C)CC1. The van der Waals surface area contributed by atoms with Crippen LogP contribution in [0.3, 0.4) is 0 Å². The molecular weight excluding hydrogens is 174 g/mol. The van der Waals surface area contributed by atoms with Gasteiger partial charge in [-0.2, -0.15) is 0 Å². The molecule has 1 rings (SSSR count). The van der Waals surface area contributed by atoms with E-state index in [1.807, 2.05) is 7.05 Å². The summed E-state index contributed by atoms with van der Waals surface area (Å²) >= 11 is 0. The van der Waals surface area contributed by atoms with Crippen LogP contribution >= 0.6 is 0 Å². The molecule has 0 aromatic heterocycles. The Kier molecular flexibility index (Phi) is 5.45. The van der Waals surface area contributed by atoms with Crippen molar-refractivity contribution in [1.29, 1.82) is 0 Å². The van der Waals surface area contributed by atoms with Gasteiger partial charge in [0.15, 0.2) is 0 Å². The molecule has 3 nitrogen and oxygen atoms in total. The lowest BCUT2D eigenvalue weighted by atomic mass is 9.96. The molecule has 0 aliphatic carbocycles. The van der Waals surface area contributed by atoms with E-state index in [9.17, 15) is 0 Å². The summed E-state index contributed by atoms with van der Waals surface area (Å²) in [7, 11) is 6.37. The van der Waals surface area contributed by atoms with E-state index in [4.69, 9.17) is 0 Å². The van der Waals surface area contributed by atoms with Gasteiger partial charge in [0.1, 0.15) is 0 Å². The van der Waals surface area contributed by atoms with Crippen LogP contribution in [0.15, 0.2) is 0 Å². The lowest BCUT2D eigenvalue weighted by Crippen LogP contribution is -2.39. The van der Waals surface area contributed by atoms with Gasteiger partial charge in [0.2, 0.25) is 0 Å². The monoisotopic (exact) mass is 199 g/mol. The number of hydrogen-bond acceptors (Lipinski definition) is 3. The molecule has 1 heterocycles. The Morgan fingerprint density at radius 1 is 1.29 bits per heavy atom. The number of likely N-dealkylation sites (tertiary alicyclic amines) is 1. The molecule has 1 N–H and O–H groups in total. The maximum absolute atomic E-state index is 3.21. The summed E-state index contributed by atoms with van der Waals surface area (Å²) in [4.78, 5) is 4.89. The van der Waals surface area contributed by atoms with Crippen molar-refractivity contribution in [3.05, 3.63) is 0 Å². The van der Waals surface area contributed by atoms with Crippen LogP contribution in [0, 0.1) is 5.92 Å². The highest BCUT2D eigenvalue weighted by atomic mass is 15.1. The van der Waals surface area contributed by atoms with Crippen LogP contribution in [0.1, 0.15) is 12.8 Å². The van der Waals surface area contributed by atoms with Gasteiger partial charge >= 0.3 is 0 Å². The standard InChI is InChI=1S/C11H25N3/c1-12-6-9-14-7-4-11(5-8-14)10-13(2)3/h11-12H,4-10H2,1-3H3. The molecule has 3 heteroatoms. The van der Waals surface area contributed by atoms with Gasteiger partial charge in [0, 0.05) is 19.6 Å². The molecule has 0 aromatic carbocycles. The Labute approximate surface area is 88.5 Å². The van der Waals surface area contributed by atoms with Gasteiger partial charge in [-0.3, -0.25) is 0 Å². The average Bonchev–Trinajstić information content (AvgIpc) is 2.16. The van der Waals surface area contributed by atoms with Gasteiger partial charge < -0.3 is 15.1 Å². The second kappa shape index (κ2) is 6.38. The zero-order valence-electron chi connectivity index (χ0n) is 9.92. The first-order valence-corrected chi connectivity index (χ1v) is 5.74. The summed E-state index contributed by atoms with van der Waals surface area (Å²) in [6.45, 7) is 6.18. The molecule has 0 saturated carbocycles. The molecule has 1 fully saturated rings. The van der Waals surface area contributed by atoms with Crippen LogP contribution in [-0.4, -0.2) is 63.7 Å². The number of nitrogens with zero attached hydrogens (tertiary/aromatic N) is 2. The normalized spacial score (nSPS) is 20.6. The number of hydrogen-bond donors (Lipinski definition) is 1. The second-order valence-electron chi connectivity index (χ2n) is 4.65. The molecule has 1 aliphatic heterocycles.